The van der Waals surface area contributed by atoms with E-state index in [2.05, 4.69) is 23.8 Å². The highest BCUT2D eigenvalue weighted by Crippen LogP contribution is 2.44. The van der Waals surface area contributed by atoms with E-state index in [1.165, 1.54) is 12.8 Å². The zero-order valence-electron chi connectivity index (χ0n) is 11.8. The molecule has 1 aliphatic rings. The lowest BCUT2D eigenvalue weighted by Gasteiger charge is -2.43. The number of rotatable bonds is 5. The van der Waals surface area contributed by atoms with E-state index in [-0.39, 0.29) is 5.54 Å². The predicted octanol–water partition coefficient (Wildman–Crippen LogP) is 2.11. The van der Waals surface area contributed by atoms with Gasteiger partial charge in [0.15, 0.2) is 0 Å². The number of hydrogen-bond acceptors (Lipinski definition) is 3. The fraction of sp³-hybridized carbons (Fsp3) is 0.786. The standard InChI is InChI=1S/C14H25N3O/c1-4-17(5-2)14(9-6-7-10-14)13(18)12-8-11-15-16(12)3/h8,11,13,18H,4-7,9-10H2,1-3H3. The van der Waals surface area contributed by atoms with Gasteiger partial charge in [0.25, 0.3) is 0 Å². The molecule has 18 heavy (non-hydrogen) atoms. The van der Waals surface area contributed by atoms with Gasteiger partial charge in [0.2, 0.25) is 0 Å². The third kappa shape index (κ3) is 2.08. The molecular weight excluding hydrogens is 226 g/mol. The van der Waals surface area contributed by atoms with Crippen molar-refractivity contribution < 1.29 is 5.11 Å². The molecule has 1 atom stereocenters. The molecule has 0 saturated heterocycles. The second-order valence-corrected chi connectivity index (χ2v) is 5.27. The second kappa shape index (κ2) is 5.41. The van der Waals surface area contributed by atoms with Crippen molar-refractivity contribution in [2.24, 2.45) is 7.05 Å². The van der Waals surface area contributed by atoms with Gasteiger partial charge in [-0.25, -0.2) is 0 Å². The predicted molar refractivity (Wildman–Crippen MR) is 72.3 cm³/mol. The molecule has 102 valence electrons. The van der Waals surface area contributed by atoms with E-state index in [0.717, 1.165) is 31.6 Å². The van der Waals surface area contributed by atoms with Crippen LogP contribution in [-0.4, -0.2) is 38.4 Å². The molecule has 1 heterocycles. The summed E-state index contributed by atoms with van der Waals surface area (Å²) in [7, 11) is 1.91. The van der Waals surface area contributed by atoms with Gasteiger partial charge in [-0.15, -0.1) is 0 Å². The third-order valence-corrected chi connectivity index (χ3v) is 4.51. The fourth-order valence-corrected chi connectivity index (χ4v) is 3.53. The Morgan fingerprint density at radius 1 is 1.39 bits per heavy atom. The monoisotopic (exact) mass is 251 g/mol. The molecule has 1 fully saturated rings. The Labute approximate surface area is 110 Å². The molecule has 0 aromatic carbocycles. The van der Waals surface area contributed by atoms with E-state index in [9.17, 15) is 5.11 Å². The number of aromatic nitrogens is 2. The van der Waals surface area contributed by atoms with Gasteiger partial charge in [0.1, 0.15) is 6.10 Å². The van der Waals surface area contributed by atoms with Crippen LogP contribution in [-0.2, 0) is 7.05 Å². The first kappa shape index (κ1) is 13.6. The van der Waals surface area contributed by atoms with Gasteiger partial charge in [-0.3, -0.25) is 9.58 Å². The van der Waals surface area contributed by atoms with Crippen molar-refractivity contribution in [3.05, 3.63) is 18.0 Å². The van der Waals surface area contributed by atoms with Crippen molar-refractivity contribution in [2.75, 3.05) is 13.1 Å². The summed E-state index contributed by atoms with van der Waals surface area (Å²) in [6.45, 7) is 6.34. The maximum absolute atomic E-state index is 10.9. The molecule has 1 saturated carbocycles. The van der Waals surface area contributed by atoms with Crippen LogP contribution >= 0.6 is 0 Å². The molecule has 1 N–H and O–H groups in total. The first-order valence-electron chi connectivity index (χ1n) is 7.06. The maximum Gasteiger partial charge on any atom is 0.114 e. The maximum atomic E-state index is 10.9. The largest absolute Gasteiger partial charge is 0.385 e. The molecule has 0 radical (unpaired) electrons. The Morgan fingerprint density at radius 3 is 2.44 bits per heavy atom. The van der Waals surface area contributed by atoms with Gasteiger partial charge in [-0.05, 0) is 32.0 Å². The van der Waals surface area contributed by atoms with Crippen LogP contribution in [0, 0.1) is 0 Å². The van der Waals surface area contributed by atoms with Gasteiger partial charge < -0.3 is 5.11 Å². The number of aliphatic hydroxyl groups excluding tert-OH is 1. The fourth-order valence-electron chi connectivity index (χ4n) is 3.53. The molecule has 1 aromatic heterocycles. The van der Waals surface area contributed by atoms with Crippen LogP contribution in [0.2, 0.25) is 0 Å². The normalized spacial score (nSPS) is 20.5. The molecule has 1 aromatic rings. The van der Waals surface area contributed by atoms with E-state index in [0.29, 0.717) is 0 Å². The summed E-state index contributed by atoms with van der Waals surface area (Å²) in [5, 5.41) is 15.1. The summed E-state index contributed by atoms with van der Waals surface area (Å²) in [5.74, 6) is 0. The lowest BCUT2D eigenvalue weighted by atomic mass is 9.86. The molecular formula is C14H25N3O. The van der Waals surface area contributed by atoms with Gasteiger partial charge in [0.05, 0.1) is 11.2 Å². The number of aryl methyl sites for hydroxylation is 1. The number of nitrogens with zero attached hydrogens (tertiary/aromatic N) is 3. The van der Waals surface area contributed by atoms with Crippen LogP contribution in [0.4, 0.5) is 0 Å². The molecule has 0 bridgehead atoms. The van der Waals surface area contributed by atoms with Gasteiger partial charge in [-0.2, -0.15) is 5.10 Å². The number of hydrogen-bond donors (Lipinski definition) is 1. The van der Waals surface area contributed by atoms with Crippen molar-refractivity contribution in [3.63, 3.8) is 0 Å². The highest BCUT2D eigenvalue weighted by atomic mass is 16.3. The average Bonchev–Trinajstić information content (AvgIpc) is 3.00. The topological polar surface area (TPSA) is 41.3 Å². The minimum absolute atomic E-state index is 0.0860. The zero-order valence-corrected chi connectivity index (χ0v) is 11.8. The quantitative estimate of drug-likeness (QED) is 0.871. The van der Waals surface area contributed by atoms with Crippen LogP contribution < -0.4 is 0 Å². The Hall–Kier alpha value is -0.870. The summed E-state index contributed by atoms with van der Waals surface area (Å²) in [6, 6.07) is 1.94. The summed E-state index contributed by atoms with van der Waals surface area (Å²) < 4.78 is 1.80. The summed E-state index contributed by atoms with van der Waals surface area (Å²) in [5.41, 5.74) is 0.848. The van der Waals surface area contributed by atoms with Gasteiger partial charge in [0, 0.05) is 13.2 Å². The lowest BCUT2D eigenvalue weighted by Crippen LogP contribution is -2.51. The molecule has 4 heteroatoms. The molecule has 2 rings (SSSR count). The molecule has 1 aliphatic carbocycles. The van der Waals surface area contributed by atoms with Crippen LogP contribution in [0.5, 0.6) is 0 Å². The summed E-state index contributed by atoms with van der Waals surface area (Å²) >= 11 is 0. The number of likely N-dealkylation sites (N-methyl/N-ethyl adjacent to an activating group) is 1. The number of aliphatic hydroxyl groups is 1. The third-order valence-electron chi connectivity index (χ3n) is 4.51. The molecule has 0 amide bonds. The first-order chi connectivity index (χ1) is 8.65. The van der Waals surface area contributed by atoms with Crippen molar-refractivity contribution in [1.29, 1.82) is 0 Å². The average molecular weight is 251 g/mol. The van der Waals surface area contributed by atoms with Crippen LogP contribution in [0.25, 0.3) is 0 Å². The van der Waals surface area contributed by atoms with Crippen molar-refractivity contribution in [1.82, 2.24) is 14.7 Å². The smallest absolute Gasteiger partial charge is 0.114 e. The van der Waals surface area contributed by atoms with Crippen molar-refractivity contribution in [3.8, 4) is 0 Å². The molecule has 4 nitrogen and oxygen atoms in total. The minimum Gasteiger partial charge on any atom is -0.385 e. The molecule has 0 aliphatic heterocycles. The Bertz CT molecular complexity index is 378. The second-order valence-electron chi connectivity index (χ2n) is 5.27. The summed E-state index contributed by atoms with van der Waals surface area (Å²) in [6.07, 6.45) is 5.93. The van der Waals surface area contributed by atoms with Crippen molar-refractivity contribution in [2.45, 2.75) is 51.2 Å². The van der Waals surface area contributed by atoms with Crippen molar-refractivity contribution >= 4 is 0 Å². The highest BCUT2D eigenvalue weighted by Gasteiger charge is 2.45. The van der Waals surface area contributed by atoms with E-state index in [1.807, 2.05) is 13.1 Å². The van der Waals surface area contributed by atoms with E-state index in [1.54, 1.807) is 10.9 Å². The lowest BCUT2D eigenvalue weighted by molar-refractivity contribution is -0.0308. The minimum atomic E-state index is -0.438. The first-order valence-corrected chi connectivity index (χ1v) is 7.06. The van der Waals surface area contributed by atoms with Gasteiger partial charge >= 0.3 is 0 Å². The van der Waals surface area contributed by atoms with E-state index < -0.39 is 6.10 Å². The molecule has 0 spiro atoms. The molecule has 1 unspecified atom stereocenters. The summed E-state index contributed by atoms with van der Waals surface area (Å²) in [4.78, 5) is 2.43. The van der Waals surface area contributed by atoms with Crippen LogP contribution in [0.1, 0.15) is 51.3 Å². The SMILES string of the molecule is CCN(CC)C1(C(O)c2ccnn2C)CCCC1. The van der Waals surface area contributed by atoms with E-state index >= 15 is 0 Å². The Balaban J connectivity index is 2.33. The van der Waals surface area contributed by atoms with E-state index in [4.69, 9.17) is 0 Å². The Morgan fingerprint density at radius 2 is 2.00 bits per heavy atom. The zero-order chi connectivity index (χ0) is 13.2. The van der Waals surface area contributed by atoms with Crippen LogP contribution in [0.3, 0.4) is 0 Å². The highest BCUT2D eigenvalue weighted by molar-refractivity contribution is 5.14. The van der Waals surface area contributed by atoms with Crippen LogP contribution in [0.15, 0.2) is 12.3 Å². The van der Waals surface area contributed by atoms with Gasteiger partial charge in [-0.1, -0.05) is 26.7 Å². The Kier molecular flexibility index (Phi) is 4.07.